The summed E-state index contributed by atoms with van der Waals surface area (Å²) in [7, 11) is 0. The molecule has 0 atom stereocenters. The van der Waals surface area contributed by atoms with E-state index in [4.69, 9.17) is 4.74 Å². The Balaban J connectivity index is 3.99. The Morgan fingerprint density at radius 3 is 2.05 bits per heavy atom. The van der Waals surface area contributed by atoms with Crippen molar-refractivity contribution in [2.45, 2.75) is 47.0 Å². The molecule has 0 aliphatic carbocycles. The predicted molar refractivity (Wildman–Crippen MR) is 80.5 cm³/mol. The van der Waals surface area contributed by atoms with Crippen LogP contribution in [0, 0.1) is 0 Å². The van der Waals surface area contributed by atoms with Crippen molar-refractivity contribution in [3.8, 4) is 0 Å². The second-order valence-corrected chi connectivity index (χ2v) is 4.66. The Hall–Kier alpha value is -1.10. The molecule has 0 aromatic rings. The summed E-state index contributed by atoms with van der Waals surface area (Å²) in [4.78, 5) is 27.4. The summed E-state index contributed by atoms with van der Waals surface area (Å²) in [6.07, 6.45) is 1.40. The van der Waals surface area contributed by atoms with Crippen LogP contribution in [0.4, 0.5) is 0 Å². The molecule has 0 spiro atoms. The largest absolute Gasteiger partial charge is 0.466 e. The monoisotopic (exact) mass is 286 g/mol. The van der Waals surface area contributed by atoms with Gasteiger partial charge in [0.25, 0.3) is 0 Å². The van der Waals surface area contributed by atoms with Gasteiger partial charge in [0, 0.05) is 19.5 Å². The summed E-state index contributed by atoms with van der Waals surface area (Å²) in [6, 6.07) is 0. The van der Waals surface area contributed by atoms with Crippen molar-refractivity contribution in [3.63, 3.8) is 0 Å². The highest BCUT2D eigenvalue weighted by atomic mass is 16.5. The minimum atomic E-state index is -0.292. The second kappa shape index (κ2) is 11.7. The van der Waals surface area contributed by atoms with Crippen LogP contribution in [0.15, 0.2) is 0 Å². The van der Waals surface area contributed by atoms with Gasteiger partial charge in [-0.15, -0.1) is 0 Å². The van der Waals surface area contributed by atoms with Crippen LogP contribution in [-0.2, 0) is 14.3 Å². The standard InChI is InChI=1S/C15H30N2O3/c1-5-16(6-2)12-9-13-17(7-3)14(18)10-11-15(19)20-8-4/h5-13H2,1-4H3. The van der Waals surface area contributed by atoms with Crippen molar-refractivity contribution in [3.05, 3.63) is 0 Å². The highest BCUT2D eigenvalue weighted by Gasteiger charge is 2.14. The van der Waals surface area contributed by atoms with E-state index in [-0.39, 0.29) is 24.7 Å². The van der Waals surface area contributed by atoms with Crippen molar-refractivity contribution >= 4 is 11.9 Å². The first-order valence-corrected chi connectivity index (χ1v) is 7.74. The number of ether oxygens (including phenoxy) is 1. The van der Waals surface area contributed by atoms with Gasteiger partial charge in [0.15, 0.2) is 0 Å². The third-order valence-corrected chi connectivity index (χ3v) is 3.38. The zero-order valence-electron chi connectivity index (χ0n) is 13.5. The number of nitrogens with zero attached hydrogens (tertiary/aromatic N) is 2. The average Bonchev–Trinajstić information content (AvgIpc) is 2.45. The topological polar surface area (TPSA) is 49.9 Å². The molecule has 118 valence electrons. The van der Waals surface area contributed by atoms with Crippen LogP contribution in [-0.4, -0.2) is 61.0 Å². The lowest BCUT2D eigenvalue weighted by atomic mass is 10.2. The molecule has 0 aromatic heterocycles. The molecule has 0 rings (SSSR count). The quantitative estimate of drug-likeness (QED) is 0.544. The first kappa shape index (κ1) is 18.9. The van der Waals surface area contributed by atoms with Crippen LogP contribution < -0.4 is 0 Å². The smallest absolute Gasteiger partial charge is 0.306 e. The summed E-state index contributed by atoms with van der Waals surface area (Å²) in [5.41, 5.74) is 0. The van der Waals surface area contributed by atoms with Gasteiger partial charge in [-0.25, -0.2) is 0 Å². The minimum absolute atomic E-state index is 0.0418. The van der Waals surface area contributed by atoms with Gasteiger partial charge in [0.1, 0.15) is 0 Å². The molecule has 0 N–H and O–H groups in total. The van der Waals surface area contributed by atoms with Gasteiger partial charge in [-0.3, -0.25) is 9.59 Å². The molecule has 0 bridgehead atoms. The molecule has 0 heterocycles. The normalized spacial score (nSPS) is 10.7. The maximum absolute atomic E-state index is 12.0. The van der Waals surface area contributed by atoms with E-state index in [1.54, 1.807) is 6.92 Å². The van der Waals surface area contributed by atoms with Crippen molar-refractivity contribution in [2.24, 2.45) is 0 Å². The highest BCUT2D eigenvalue weighted by Crippen LogP contribution is 2.02. The van der Waals surface area contributed by atoms with Gasteiger partial charge >= 0.3 is 5.97 Å². The van der Waals surface area contributed by atoms with Crippen molar-refractivity contribution in [2.75, 3.05) is 39.3 Å². The Morgan fingerprint density at radius 1 is 0.900 bits per heavy atom. The number of rotatable bonds is 11. The molecule has 20 heavy (non-hydrogen) atoms. The average molecular weight is 286 g/mol. The minimum Gasteiger partial charge on any atom is -0.466 e. The van der Waals surface area contributed by atoms with Gasteiger partial charge in [-0.05, 0) is 39.9 Å². The zero-order valence-corrected chi connectivity index (χ0v) is 13.5. The van der Waals surface area contributed by atoms with E-state index in [1.807, 2.05) is 11.8 Å². The Kier molecular flexibility index (Phi) is 11.1. The molecule has 0 aliphatic rings. The molecule has 5 nitrogen and oxygen atoms in total. The first-order valence-electron chi connectivity index (χ1n) is 7.74. The van der Waals surface area contributed by atoms with Crippen LogP contribution >= 0.6 is 0 Å². The van der Waals surface area contributed by atoms with Gasteiger partial charge < -0.3 is 14.5 Å². The molecule has 0 aliphatic heterocycles. The van der Waals surface area contributed by atoms with Crippen LogP contribution in [0.3, 0.4) is 0 Å². The lowest BCUT2D eigenvalue weighted by molar-refractivity contribution is -0.145. The van der Waals surface area contributed by atoms with E-state index in [1.165, 1.54) is 0 Å². The SMILES string of the molecule is CCOC(=O)CCC(=O)N(CC)CCCN(CC)CC. The van der Waals surface area contributed by atoms with Gasteiger partial charge in [0.05, 0.1) is 13.0 Å². The molecule has 1 amide bonds. The number of carbonyl (C=O) groups is 2. The molecule has 0 aromatic carbocycles. The molecule has 0 unspecified atom stereocenters. The fourth-order valence-electron chi connectivity index (χ4n) is 2.08. The van der Waals surface area contributed by atoms with Gasteiger partial charge in [-0.1, -0.05) is 13.8 Å². The fourth-order valence-corrected chi connectivity index (χ4v) is 2.08. The lowest BCUT2D eigenvalue weighted by Gasteiger charge is -2.23. The third-order valence-electron chi connectivity index (χ3n) is 3.38. The summed E-state index contributed by atoms with van der Waals surface area (Å²) in [5, 5.41) is 0. The molecule has 0 saturated carbocycles. The van der Waals surface area contributed by atoms with E-state index >= 15 is 0 Å². The summed E-state index contributed by atoms with van der Waals surface area (Å²) < 4.78 is 4.83. The summed E-state index contributed by atoms with van der Waals surface area (Å²) in [6.45, 7) is 12.9. The van der Waals surface area contributed by atoms with Crippen molar-refractivity contribution in [1.29, 1.82) is 0 Å². The highest BCUT2D eigenvalue weighted by molar-refractivity contribution is 5.81. The van der Waals surface area contributed by atoms with Crippen molar-refractivity contribution in [1.82, 2.24) is 9.80 Å². The second-order valence-electron chi connectivity index (χ2n) is 4.66. The van der Waals surface area contributed by atoms with Gasteiger partial charge in [0.2, 0.25) is 5.91 Å². The van der Waals surface area contributed by atoms with Crippen LogP contribution in [0.1, 0.15) is 47.0 Å². The molecule has 0 radical (unpaired) electrons. The maximum Gasteiger partial charge on any atom is 0.306 e. The van der Waals surface area contributed by atoms with Gasteiger partial charge in [-0.2, -0.15) is 0 Å². The van der Waals surface area contributed by atoms with Crippen molar-refractivity contribution < 1.29 is 14.3 Å². The van der Waals surface area contributed by atoms with Crippen LogP contribution in [0.2, 0.25) is 0 Å². The number of amides is 1. The van der Waals surface area contributed by atoms with E-state index in [2.05, 4.69) is 18.7 Å². The molecule has 0 fully saturated rings. The van der Waals surface area contributed by atoms with Crippen LogP contribution in [0.25, 0.3) is 0 Å². The van der Waals surface area contributed by atoms with E-state index in [0.29, 0.717) is 13.2 Å². The molecule has 5 heteroatoms. The maximum atomic E-state index is 12.0. The van der Waals surface area contributed by atoms with E-state index in [0.717, 1.165) is 32.6 Å². The zero-order chi connectivity index (χ0) is 15.4. The molecule has 0 saturated heterocycles. The van der Waals surface area contributed by atoms with E-state index in [9.17, 15) is 9.59 Å². The number of carbonyl (C=O) groups excluding carboxylic acids is 2. The summed E-state index contributed by atoms with van der Waals surface area (Å²) in [5.74, 6) is -0.250. The molecular weight excluding hydrogens is 256 g/mol. The first-order chi connectivity index (χ1) is 9.58. The number of esters is 1. The number of hydrogen-bond acceptors (Lipinski definition) is 4. The Bertz CT molecular complexity index is 278. The van der Waals surface area contributed by atoms with Crippen LogP contribution in [0.5, 0.6) is 0 Å². The predicted octanol–water partition coefficient (Wildman–Crippen LogP) is 1.91. The third kappa shape index (κ3) is 8.15. The fraction of sp³-hybridized carbons (Fsp3) is 0.867. The lowest BCUT2D eigenvalue weighted by Crippen LogP contribution is -2.34. The van der Waals surface area contributed by atoms with E-state index < -0.39 is 0 Å². The summed E-state index contributed by atoms with van der Waals surface area (Å²) >= 11 is 0. The Morgan fingerprint density at radius 2 is 1.55 bits per heavy atom. The number of hydrogen-bond donors (Lipinski definition) is 0. The Labute approximate surface area is 123 Å². The molecular formula is C15H30N2O3.